The highest BCUT2D eigenvalue weighted by Crippen LogP contribution is 2.23. The summed E-state index contributed by atoms with van der Waals surface area (Å²) in [6, 6.07) is 7.12. The smallest absolute Gasteiger partial charge is 0.267 e. The number of nitriles is 1. The van der Waals surface area contributed by atoms with Crippen LogP contribution in [0, 0.1) is 18.3 Å². The molecule has 0 fully saturated rings. The Bertz CT molecular complexity index is 634. The van der Waals surface area contributed by atoms with Gasteiger partial charge in [-0.25, -0.2) is 0 Å². The lowest BCUT2D eigenvalue weighted by Gasteiger charge is -2.17. The van der Waals surface area contributed by atoms with Crippen LogP contribution in [0.4, 0.5) is 5.69 Å². The Labute approximate surface area is 136 Å². The van der Waals surface area contributed by atoms with Gasteiger partial charge in [0.05, 0.1) is 0 Å². The van der Waals surface area contributed by atoms with Crippen LogP contribution in [0.5, 0.6) is 0 Å². The van der Waals surface area contributed by atoms with Gasteiger partial charge < -0.3 is 10.2 Å². The molecule has 0 aliphatic rings. The van der Waals surface area contributed by atoms with Crippen molar-refractivity contribution < 1.29 is 4.79 Å². The number of carbonyl (C=O) groups is 1. The van der Waals surface area contributed by atoms with E-state index in [0.29, 0.717) is 23.8 Å². The van der Waals surface area contributed by atoms with Crippen LogP contribution in [-0.2, 0) is 4.79 Å². The van der Waals surface area contributed by atoms with Crippen LogP contribution in [-0.4, -0.2) is 23.9 Å². The molecule has 1 aromatic rings. The average molecular weight is 316 g/mol. The fraction of sp³-hybridized carbons (Fsp3) is 0.176. The molecule has 0 aromatic heterocycles. The van der Waals surface area contributed by atoms with Crippen molar-refractivity contribution in [2.24, 2.45) is 0 Å². The fourth-order valence-electron chi connectivity index (χ4n) is 1.76. The zero-order valence-corrected chi connectivity index (χ0v) is 13.2. The van der Waals surface area contributed by atoms with Crippen LogP contribution in [0.15, 0.2) is 55.3 Å². The number of hydrogen-bond acceptors (Lipinski definition) is 3. The first-order valence-corrected chi connectivity index (χ1v) is 7.05. The molecule has 114 valence electrons. The van der Waals surface area contributed by atoms with Gasteiger partial charge in [0.15, 0.2) is 0 Å². The van der Waals surface area contributed by atoms with E-state index < -0.39 is 5.91 Å². The maximum atomic E-state index is 12.2. The first-order valence-electron chi connectivity index (χ1n) is 6.67. The molecule has 1 N–H and O–H groups in total. The van der Waals surface area contributed by atoms with E-state index in [2.05, 4.69) is 18.5 Å². The molecule has 0 bridgehead atoms. The van der Waals surface area contributed by atoms with Crippen LogP contribution in [0.25, 0.3) is 0 Å². The Morgan fingerprint density at radius 2 is 2.05 bits per heavy atom. The van der Waals surface area contributed by atoms with Gasteiger partial charge in [-0.3, -0.25) is 4.79 Å². The molecule has 0 saturated carbocycles. The van der Waals surface area contributed by atoms with Crippen LogP contribution < -0.4 is 5.32 Å². The van der Waals surface area contributed by atoms with Gasteiger partial charge in [0.1, 0.15) is 11.6 Å². The van der Waals surface area contributed by atoms with Crippen molar-refractivity contribution in [1.29, 1.82) is 5.26 Å². The minimum Gasteiger partial charge on any atom is -0.369 e. The van der Waals surface area contributed by atoms with Crippen LogP contribution in [0.2, 0.25) is 5.02 Å². The van der Waals surface area contributed by atoms with E-state index in [4.69, 9.17) is 11.6 Å². The Balaban J connectivity index is 2.97. The van der Waals surface area contributed by atoms with E-state index in [9.17, 15) is 10.1 Å². The van der Waals surface area contributed by atoms with Crippen molar-refractivity contribution in [3.05, 3.63) is 65.9 Å². The summed E-state index contributed by atoms with van der Waals surface area (Å²) >= 11 is 6.02. The molecule has 1 aromatic carbocycles. The molecule has 0 heterocycles. The van der Waals surface area contributed by atoms with Crippen molar-refractivity contribution in [2.75, 3.05) is 18.4 Å². The van der Waals surface area contributed by atoms with E-state index in [0.717, 1.165) is 5.56 Å². The lowest BCUT2D eigenvalue weighted by molar-refractivity contribution is -0.112. The van der Waals surface area contributed by atoms with E-state index in [-0.39, 0.29) is 5.57 Å². The van der Waals surface area contributed by atoms with Crippen molar-refractivity contribution in [3.8, 4) is 6.07 Å². The largest absolute Gasteiger partial charge is 0.369 e. The molecule has 0 aliphatic heterocycles. The van der Waals surface area contributed by atoms with Crippen LogP contribution in [0.3, 0.4) is 0 Å². The molecule has 0 aliphatic carbocycles. The summed E-state index contributed by atoms with van der Waals surface area (Å²) in [5.74, 6) is -0.481. The number of rotatable bonds is 7. The molecular weight excluding hydrogens is 298 g/mol. The van der Waals surface area contributed by atoms with Gasteiger partial charge in [-0.15, -0.1) is 13.2 Å². The molecule has 0 radical (unpaired) electrons. The van der Waals surface area contributed by atoms with E-state index in [1.54, 1.807) is 42.2 Å². The van der Waals surface area contributed by atoms with Gasteiger partial charge in [0, 0.05) is 30.0 Å². The number of amides is 1. The van der Waals surface area contributed by atoms with Gasteiger partial charge in [0.25, 0.3) is 5.91 Å². The Morgan fingerprint density at radius 3 is 2.59 bits per heavy atom. The molecule has 22 heavy (non-hydrogen) atoms. The molecule has 0 spiro atoms. The Hall–Kier alpha value is -2.51. The maximum Gasteiger partial charge on any atom is 0.267 e. The van der Waals surface area contributed by atoms with Crippen molar-refractivity contribution in [2.45, 2.75) is 6.92 Å². The summed E-state index contributed by atoms with van der Waals surface area (Å²) < 4.78 is 0. The topological polar surface area (TPSA) is 56.1 Å². The fourth-order valence-corrected chi connectivity index (χ4v) is 1.94. The highest BCUT2D eigenvalue weighted by molar-refractivity contribution is 6.31. The number of anilines is 1. The summed E-state index contributed by atoms with van der Waals surface area (Å²) in [4.78, 5) is 14.0. The first-order chi connectivity index (χ1) is 10.5. The van der Waals surface area contributed by atoms with Gasteiger partial charge >= 0.3 is 0 Å². The SMILES string of the molecule is C=CCN(/C=C(/C#N)C(=O)Nc1cccc(Cl)c1C)CC=C. The van der Waals surface area contributed by atoms with Gasteiger partial charge in [-0.2, -0.15) is 5.26 Å². The predicted molar refractivity (Wildman–Crippen MR) is 90.5 cm³/mol. The number of nitrogens with one attached hydrogen (secondary N) is 1. The highest BCUT2D eigenvalue weighted by atomic mass is 35.5. The summed E-state index contributed by atoms with van der Waals surface area (Å²) in [7, 11) is 0. The normalized spacial score (nSPS) is 10.5. The summed E-state index contributed by atoms with van der Waals surface area (Å²) in [5, 5.41) is 12.5. The molecular formula is C17H18ClN3O. The van der Waals surface area contributed by atoms with Gasteiger partial charge in [-0.1, -0.05) is 29.8 Å². The molecule has 0 unspecified atom stereocenters. The van der Waals surface area contributed by atoms with E-state index in [1.807, 2.05) is 6.07 Å². The third-order valence-electron chi connectivity index (χ3n) is 2.92. The van der Waals surface area contributed by atoms with E-state index >= 15 is 0 Å². The lowest BCUT2D eigenvalue weighted by atomic mass is 10.2. The highest BCUT2D eigenvalue weighted by Gasteiger charge is 2.12. The van der Waals surface area contributed by atoms with Crippen LogP contribution in [0.1, 0.15) is 5.56 Å². The Morgan fingerprint density at radius 1 is 1.41 bits per heavy atom. The van der Waals surface area contributed by atoms with Crippen molar-refractivity contribution >= 4 is 23.2 Å². The van der Waals surface area contributed by atoms with Crippen LogP contribution >= 0.6 is 11.6 Å². The van der Waals surface area contributed by atoms with Crippen molar-refractivity contribution in [1.82, 2.24) is 4.90 Å². The minimum absolute atomic E-state index is 0.00285. The molecule has 0 atom stereocenters. The molecule has 4 nitrogen and oxygen atoms in total. The summed E-state index contributed by atoms with van der Waals surface area (Å²) in [6.07, 6.45) is 4.88. The molecule has 1 rings (SSSR count). The molecule has 1 amide bonds. The van der Waals surface area contributed by atoms with Gasteiger partial charge in [-0.05, 0) is 24.6 Å². The third-order valence-corrected chi connectivity index (χ3v) is 3.33. The molecule has 5 heteroatoms. The molecule has 0 saturated heterocycles. The lowest BCUT2D eigenvalue weighted by Crippen LogP contribution is -2.21. The quantitative estimate of drug-likeness (QED) is 0.474. The monoisotopic (exact) mass is 315 g/mol. The first kappa shape index (κ1) is 17.5. The van der Waals surface area contributed by atoms with Gasteiger partial charge in [0.2, 0.25) is 0 Å². The van der Waals surface area contributed by atoms with E-state index in [1.165, 1.54) is 6.20 Å². The Kier molecular flexibility index (Phi) is 6.94. The predicted octanol–water partition coefficient (Wildman–Crippen LogP) is 3.67. The summed E-state index contributed by atoms with van der Waals surface area (Å²) in [5.41, 5.74) is 1.34. The maximum absolute atomic E-state index is 12.2. The standard InChI is InChI=1S/C17H18ClN3O/c1-4-9-21(10-5-2)12-14(11-19)17(22)20-16-8-6-7-15(18)13(16)3/h4-8,12H,1-2,9-10H2,3H3,(H,20,22)/b14-12-. The minimum atomic E-state index is -0.481. The number of carbonyl (C=O) groups excluding carboxylic acids is 1. The second kappa shape index (κ2) is 8.71. The van der Waals surface area contributed by atoms with Crippen molar-refractivity contribution in [3.63, 3.8) is 0 Å². The zero-order chi connectivity index (χ0) is 16.5. The summed E-state index contributed by atoms with van der Waals surface area (Å²) in [6.45, 7) is 10.1. The second-order valence-corrected chi connectivity index (χ2v) is 4.96. The second-order valence-electron chi connectivity index (χ2n) is 4.55. The number of halogens is 1. The number of benzene rings is 1. The average Bonchev–Trinajstić information content (AvgIpc) is 2.49. The number of nitrogens with zero attached hydrogens (tertiary/aromatic N) is 2. The third kappa shape index (κ3) is 4.80. The zero-order valence-electron chi connectivity index (χ0n) is 12.5. The number of hydrogen-bond donors (Lipinski definition) is 1.